The summed E-state index contributed by atoms with van der Waals surface area (Å²) < 4.78 is 5.98. The first-order valence-corrected chi connectivity index (χ1v) is 11.3. The van der Waals surface area contributed by atoms with Gasteiger partial charge in [-0.25, -0.2) is 5.43 Å². The van der Waals surface area contributed by atoms with Crippen molar-refractivity contribution in [2.24, 2.45) is 5.10 Å². The summed E-state index contributed by atoms with van der Waals surface area (Å²) in [5.41, 5.74) is 7.27. The second-order valence-electron chi connectivity index (χ2n) is 8.36. The lowest BCUT2D eigenvalue weighted by Crippen LogP contribution is -2.33. The van der Waals surface area contributed by atoms with Crippen LogP contribution in [0.3, 0.4) is 0 Å². The molecule has 0 bridgehead atoms. The zero-order valence-corrected chi connectivity index (χ0v) is 20.0. The molecule has 0 aromatic heterocycles. The van der Waals surface area contributed by atoms with E-state index in [-0.39, 0.29) is 0 Å². The van der Waals surface area contributed by atoms with Gasteiger partial charge in [-0.2, -0.15) is 5.10 Å². The van der Waals surface area contributed by atoms with E-state index in [0.717, 1.165) is 28.0 Å². The lowest BCUT2D eigenvalue weighted by Gasteiger charge is -2.10. The van der Waals surface area contributed by atoms with E-state index in [1.807, 2.05) is 74.5 Å². The average molecular weight is 466 g/mol. The number of nitrogens with zero attached hydrogens (tertiary/aromatic N) is 1. The highest BCUT2D eigenvalue weighted by molar-refractivity contribution is 6.39. The number of benzene rings is 4. The molecule has 0 spiro atoms. The van der Waals surface area contributed by atoms with Gasteiger partial charge in [0.05, 0.1) is 5.71 Å². The highest BCUT2D eigenvalue weighted by atomic mass is 16.5. The number of amides is 2. The molecular weight excluding hydrogens is 438 g/mol. The van der Waals surface area contributed by atoms with Crippen molar-refractivity contribution in [3.8, 4) is 5.75 Å². The molecule has 2 amide bonds. The smallest absolute Gasteiger partial charge is 0.329 e. The van der Waals surface area contributed by atoms with Crippen LogP contribution in [0.4, 0.5) is 5.69 Å². The van der Waals surface area contributed by atoms with Gasteiger partial charge in [-0.3, -0.25) is 9.59 Å². The molecule has 6 heteroatoms. The summed E-state index contributed by atoms with van der Waals surface area (Å²) in [7, 11) is 0. The van der Waals surface area contributed by atoms with Crippen molar-refractivity contribution >= 4 is 34.0 Å². The zero-order valence-electron chi connectivity index (χ0n) is 20.0. The van der Waals surface area contributed by atoms with Crippen LogP contribution < -0.4 is 15.5 Å². The first-order chi connectivity index (χ1) is 16.9. The van der Waals surface area contributed by atoms with Gasteiger partial charge in [0.2, 0.25) is 0 Å². The third-order valence-corrected chi connectivity index (χ3v) is 5.72. The standard InChI is InChI=1S/C29H27N3O3/c1-19-11-12-20(2)27(17-19)30-28(33)29(34)32-31-21(3)22-13-15-25(16-14-22)35-18-24-9-6-8-23-7-4-5-10-26(23)24/h4-17H,18H2,1-3H3,(H,30,33)(H,32,34)/b31-21+. The predicted octanol–water partition coefficient (Wildman–Crippen LogP) is 5.51. The minimum Gasteiger partial charge on any atom is -0.489 e. The van der Waals surface area contributed by atoms with Crippen LogP contribution in [0.25, 0.3) is 10.8 Å². The maximum absolute atomic E-state index is 12.2. The predicted molar refractivity (Wildman–Crippen MR) is 140 cm³/mol. The summed E-state index contributed by atoms with van der Waals surface area (Å²) in [6.45, 7) is 6.00. The van der Waals surface area contributed by atoms with Crippen LogP contribution in [-0.2, 0) is 16.2 Å². The van der Waals surface area contributed by atoms with Crippen molar-refractivity contribution < 1.29 is 14.3 Å². The van der Waals surface area contributed by atoms with Crippen molar-refractivity contribution in [2.75, 3.05) is 5.32 Å². The number of hydrogen-bond acceptors (Lipinski definition) is 4. The number of carbonyl (C=O) groups is 2. The van der Waals surface area contributed by atoms with Crippen LogP contribution in [0.5, 0.6) is 5.75 Å². The second-order valence-corrected chi connectivity index (χ2v) is 8.36. The van der Waals surface area contributed by atoms with Crippen LogP contribution in [0.1, 0.15) is 29.2 Å². The fourth-order valence-corrected chi connectivity index (χ4v) is 3.67. The zero-order chi connectivity index (χ0) is 24.8. The number of hydrazone groups is 1. The van der Waals surface area contributed by atoms with E-state index >= 15 is 0 Å². The topological polar surface area (TPSA) is 79.8 Å². The van der Waals surface area contributed by atoms with Gasteiger partial charge in [0.25, 0.3) is 0 Å². The number of ether oxygens (including phenoxy) is 1. The van der Waals surface area contributed by atoms with E-state index in [2.05, 4.69) is 40.1 Å². The molecule has 0 unspecified atom stereocenters. The van der Waals surface area contributed by atoms with E-state index in [9.17, 15) is 9.59 Å². The first-order valence-electron chi connectivity index (χ1n) is 11.3. The van der Waals surface area contributed by atoms with Crippen molar-refractivity contribution in [1.82, 2.24) is 5.43 Å². The molecule has 0 heterocycles. The van der Waals surface area contributed by atoms with Gasteiger partial charge in [-0.05, 0) is 84.1 Å². The Hall–Kier alpha value is -4.45. The largest absolute Gasteiger partial charge is 0.489 e. The third kappa shape index (κ3) is 5.92. The van der Waals surface area contributed by atoms with Crippen LogP contribution >= 0.6 is 0 Å². The molecule has 0 saturated heterocycles. The molecular formula is C29H27N3O3. The van der Waals surface area contributed by atoms with Crippen LogP contribution in [0, 0.1) is 13.8 Å². The Morgan fingerprint density at radius 1 is 0.857 bits per heavy atom. The van der Waals surface area contributed by atoms with Crippen LogP contribution in [0.15, 0.2) is 90.0 Å². The summed E-state index contributed by atoms with van der Waals surface area (Å²) >= 11 is 0. The van der Waals surface area contributed by atoms with Crippen molar-refractivity contribution in [3.05, 3.63) is 107 Å². The molecule has 6 nitrogen and oxygen atoms in total. The number of nitrogens with one attached hydrogen (secondary N) is 2. The molecule has 4 aromatic carbocycles. The minimum absolute atomic E-state index is 0.458. The number of rotatable bonds is 6. The number of aryl methyl sites for hydroxylation is 2. The maximum Gasteiger partial charge on any atom is 0.329 e. The summed E-state index contributed by atoms with van der Waals surface area (Å²) in [6.07, 6.45) is 0. The summed E-state index contributed by atoms with van der Waals surface area (Å²) in [6, 6.07) is 27.5. The molecule has 4 aromatic rings. The highest BCUT2D eigenvalue weighted by Crippen LogP contribution is 2.21. The Morgan fingerprint density at radius 2 is 1.60 bits per heavy atom. The Morgan fingerprint density at radius 3 is 2.40 bits per heavy atom. The Labute approximate surface area is 204 Å². The molecule has 0 aliphatic carbocycles. The molecule has 0 aliphatic heterocycles. The Kier molecular flexibility index (Phi) is 7.21. The maximum atomic E-state index is 12.2. The first kappa shape index (κ1) is 23.7. The van der Waals surface area contributed by atoms with E-state index in [1.54, 1.807) is 6.92 Å². The van der Waals surface area contributed by atoms with E-state index in [4.69, 9.17) is 4.74 Å². The average Bonchev–Trinajstić information content (AvgIpc) is 2.88. The van der Waals surface area contributed by atoms with Crippen LogP contribution in [0.2, 0.25) is 0 Å². The number of carbonyl (C=O) groups excluding carboxylic acids is 2. The fourth-order valence-electron chi connectivity index (χ4n) is 3.67. The van der Waals surface area contributed by atoms with Gasteiger partial charge in [0.1, 0.15) is 12.4 Å². The second kappa shape index (κ2) is 10.7. The molecule has 0 atom stereocenters. The van der Waals surface area contributed by atoms with E-state index in [1.165, 1.54) is 10.8 Å². The number of hydrogen-bond donors (Lipinski definition) is 2. The fraction of sp³-hybridized carbons (Fsp3) is 0.138. The van der Waals surface area contributed by atoms with Gasteiger partial charge in [-0.1, -0.05) is 54.6 Å². The van der Waals surface area contributed by atoms with E-state index < -0.39 is 11.8 Å². The van der Waals surface area contributed by atoms with Gasteiger partial charge in [0.15, 0.2) is 0 Å². The van der Waals surface area contributed by atoms with Crippen molar-refractivity contribution in [1.29, 1.82) is 0 Å². The van der Waals surface area contributed by atoms with Gasteiger partial charge in [-0.15, -0.1) is 0 Å². The summed E-state index contributed by atoms with van der Waals surface area (Å²) in [5, 5.41) is 9.05. The Balaban J connectivity index is 1.34. The molecule has 2 N–H and O–H groups in total. The molecule has 0 saturated carbocycles. The van der Waals surface area contributed by atoms with Gasteiger partial charge >= 0.3 is 11.8 Å². The van der Waals surface area contributed by atoms with E-state index in [0.29, 0.717) is 18.0 Å². The lowest BCUT2D eigenvalue weighted by molar-refractivity contribution is -0.136. The number of anilines is 1. The molecule has 0 fully saturated rings. The van der Waals surface area contributed by atoms with Crippen LogP contribution in [-0.4, -0.2) is 17.5 Å². The van der Waals surface area contributed by atoms with Crippen molar-refractivity contribution in [3.63, 3.8) is 0 Å². The Bertz CT molecular complexity index is 1400. The molecule has 0 aliphatic rings. The SMILES string of the molecule is C/C(=N\NC(=O)C(=O)Nc1cc(C)ccc1C)c1ccc(OCc2cccc3ccccc23)cc1. The summed E-state index contributed by atoms with van der Waals surface area (Å²) in [5.74, 6) is -0.876. The monoisotopic (exact) mass is 465 g/mol. The molecule has 4 rings (SSSR count). The highest BCUT2D eigenvalue weighted by Gasteiger charge is 2.14. The third-order valence-electron chi connectivity index (χ3n) is 5.72. The van der Waals surface area contributed by atoms with Gasteiger partial charge < -0.3 is 10.1 Å². The van der Waals surface area contributed by atoms with Crippen molar-refractivity contribution in [2.45, 2.75) is 27.4 Å². The molecule has 176 valence electrons. The number of fused-ring (bicyclic) bond motifs is 1. The van der Waals surface area contributed by atoms with Gasteiger partial charge in [0, 0.05) is 5.69 Å². The molecule has 0 radical (unpaired) electrons. The minimum atomic E-state index is -0.833. The lowest BCUT2D eigenvalue weighted by atomic mass is 10.1. The quantitative estimate of drug-likeness (QED) is 0.224. The normalized spacial score (nSPS) is 11.2. The molecule has 35 heavy (non-hydrogen) atoms. The summed E-state index contributed by atoms with van der Waals surface area (Å²) in [4.78, 5) is 24.4.